The number of fused-ring (bicyclic) bond motifs is 1. The van der Waals surface area contributed by atoms with E-state index in [0.717, 1.165) is 20.8 Å². The Hall–Kier alpha value is -2.29. The van der Waals surface area contributed by atoms with Crippen LogP contribution in [-0.2, 0) is 21.4 Å². The first-order valence-electron chi connectivity index (χ1n) is 9.33. The molecule has 3 rings (SSSR count). The Morgan fingerprint density at radius 2 is 1.79 bits per heavy atom. The number of hydrogen-bond acceptors (Lipinski definition) is 5. The van der Waals surface area contributed by atoms with Gasteiger partial charge in [-0.2, -0.15) is 0 Å². The number of amides is 1. The van der Waals surface area contributed by atoms with E-state index in [-0.39, 0.29) is 18.9 Å². The summed E-state index contributed by atoms with van der Waals surface area (Å²) in [6.45, 7) is 5.96. The van der Waals surface area contributed by atoms with E-state index in [1.54, 1.807) is 37.1 Å². The Balaban J connectivity index is 1.58. The Morgan fingerprint density at radius 3 is 2.45 bits per heavy atom. The fraction of sp³-hybridized carbons (Fsp3) is 0.333. The lowest BCUT2D eigenvalue weighted by Crippen LogP contribution is -2.32. The zero-order valence-corrected chi connectivity index (χ0v) is 18.7. The molecule has 0 aliphatic carbocycles. The van der Waals surface area contributed by atoms with Crippen molar-refractivity contribution in [2.24, 2.45) is 0 Å². The molecule has 2 aromatic carbocycles. The highest BCUT2D eigenvalue weighted by Gasteiger charge is 2.20. The van der Waals surface area contributed by atoms with E-state index in [2.05, 4.69) is 9.71 Å². The van der Waals surface area contributed by atoms with Crippen LogP contribution in [0.4, 0.5) is 0 Å². The van der Waals surface area contributed by atoms with Crippen molar-refractivity contribution < 1.29 is 13.2 Å². The summed E-state index contributed by atoms with van der Waals surface area (Å²) >= 11 is 1.56. The summed E-state index contributed by atoms with van der Waals surface area (Å²) in [6, 6.07) is 11.5. The molecule has 1 aromatic heterocycles. The number of nitrogens with zero attached hydrogens (tertiary/aromatic N) is 2. The molecule has 8 heteroatoms. The van der Waals surface area contributed by atoms with Gasteiger partial charge >= 0.3 is 0 Å². The molecular weight excluding hydrogens is 406 g/mol. The van der Waals surface area contributed by atoms with E-state index in [1.807, 2.05) is 43.3 Å². The van der Waals surface area contributed by atoms with E-state index in [1.165, 1.54) is 0 Å². The Kier molecular flexibility index (Phi) is 6.36. The topological polar surface area (TPSA) is 79.4 Å². The number of aryl methyl sites for hydroxylation is 3. The first-order valence-corrected chi connectivity index (χ1v) is 11.6. The maximum Gasteiger partial charge on any atom is 0.241 e. The average Bonchev–Trinajstić information content (AvgIpc) is 3.02. The molecule has 0 fully saturated rings. The number of nitrogens with one attached hydrogen (secondary N) is 1. The van der Waals surface area contributed by atoms with Crippen molar-refractivity contribution in [3.8, 4) is 0 Å². The zero-order chi connectivity index (χ0) is 21.2. The average molecular weight is 432 g/mol. The molecule has 0 spiro atoms. The lowest BCUT2D eigenvalue weighted by Gasteiger charge is -2.16. The summed E-state index contributed by atoms with van der Waals surface area (Å²) in [4.78, 5) is 18.8. The van der Waals surface area contributed by atoms with Crippen LogP contribution in [0.5, 0.6) is 0 Å². The molecule has 1 heterocycles. The lowest BCUT2D eigenvalue weighted by atomic mass is 10.1. The molecule has 0 atom stereocenters. The third-order valence-corrected chi connectivity index (χ3v) is 7.43. The van der Waals surface area contributed by atoms with Crippen molar-refractivity contribution in [3.63, 3.8) is 0 Å². The summed E-state index contributed by atoms with van der Waals surface area (Å²) in [5, 5.41) is 0.855. The summed E-state index contributed by atoms with van der Waals surface area (Å²) in [5.74, 6) is -0.135. The maximum atomic E-state index is 12.7. The van der Waals surface area contributed by atoms with Crippen molar-refractivity contribution in [1.82, 2.24) is 14.6 Å². The standard InChI is InChI=1S/C21H25N3O3S2/c1-14-11-15(2)21(16(3)12-14)29(26,27)22-10-9-20(25)24(4)13-19-23-17-7-5-6-8-18(17)28-19/h5-8,11-12,22H,9-10,13H2,1-4H3. The van der Waals surface area contributed by atoms with Gasteiger partial charge in [0.15, 0.2) is 0 Å². The summed E-state index contributed by atoms with van der Waals surface area (Å²) in [6.07, 6.45) is 0.0879. The van der Waals surface area contributed by atoms with Crippen molar-refractivity contribution in [1.29, 1.82) is 0 Å². The van der Waals surface area contributed by atoms with Crippen LogP contribution in [0, 0.1) is 20.8 Å². The molecule has 0 aliphatic heterocycles. The molecule has 29 heavy (non-hydrogen) atoms. The second-order valence-corrected chi connectivity index (χ2v) is 10.0. The summed E-state index contributed by atoms with van der Waals surface area (Å²) in [5.41, 5.74) is 3.35. The number of thiazole rings is 1. The molecule has 1 N–H and O–H groups in total. The molecule has 0 saturated carbocycles. The summed E-state index contributed by atoms with van der Waals surface area (Å²) < 4.78 is 29.0. The normalized spacial score (nSPS) is 11.7. The van der Waals surface area contributed by atoms with E-state index in [0.29, 0.717) is 22.6 Å². The van der Waals surface area contributed by atoms with Gasteiger partial charge in [0.05, 0.1) is 21.7 Å². The molecular formula is C21H25N3O3S2. The predicted octanol–water partition coefficient (Wildman–Crippen LogP) is 3.55. The highest BCUT2D eigenvalue weighted by molar-refractivity contribution is 7.89. The highest BCUT2D eigenvalue weighted by Crippen LogP contribution is 2.23. The van der Waals surface area contributed by atoms with Gasteiger partial charge in [-0.1, -0.05) is 29.8 Å². The number of rotatable bonds is 7. The third-order valence-electron chi connectivity index (χ3n) is 4.64. The van der Waals surface area contributed by atoms with Crippen LogP contribution >= 0.6 is 11.3 Å². The Morgan fingerprint density at radius 1 is 1.14 bits per heavy atom. The van der Waals surface area contributed by atoms with Crippen LogP contribution in [0.3, 0.4) is 0 Å². The molecule has 0 saturated heterocycles. The summed E-state index contributed by atoms with van der Waals surface area (Å²) in [7, 11) is -1.96. The molecule has 3 aromatic rings. The van der Waals surface area contributed by atoms with E-state index >= 15 is 0 Å². The minimum absolute atomic E-state index is 0.0537. The van der Waals surface area contributed by atoms with Crippen molar-refractivity contribution in [2.75, 3.05) is 13.6 Å². The molecule has 6 nitrogen and oxygen atoms in total. The predicted molar refractivity (Wildman–Crippen MR) is 117 cm³/mol. The molecule has 0 bridgehead atoms. The number of hydrogen-bond donors (Lipinski definition) is 1. The van der Waals surface area contributed by atoms with E-state index in [9.17, 15) is 13.2 Å². The van der Waals surface area contributed by atoms with Gasteiger partial charge in [-0.15, -0.1) is 11.3 Å². The van der Waals surface area contributed by atoms with Gasteiger partial charge in [0.2, 0.25) is 15.9 Å². The van der Waals surface area contributed by atoms with Crippen molar-refractivity contribution in [2.45, 2.75) is 38.6 Å². The number of benzene rings is 2. The van der Waals surface area contributed by atoms with Gasteiger partial charge in [-0.3, -0.25) is 4.79 Å². The zero-order valence-electron chi connectivity index (χ0n) is 17.0. The molecule has 0 unspecified atom stereocenters. The fourth-order valence-corrected chi connectivity index (χ4v) is 5.93. The Labute approximate surface area is 175 Å². The van der Waals surface area contributed by atoms with Crippen LogP contribution < -0.4 is 4.72 Å². The van der Waals surface area contributed by atoms with Gasteiger partial charge < -0.3 is 4.90 Å². The second kappa shape index (κ2) is 8.61. The van der Waals surface area contributed by atoms with Crippen LogP contribution in [-0.4, -0.2) is 37.8 Å². The van der Waals surface area contributed by atoms with Gasteiger partial charge in [-0.25, -0.2) is 18.1 Å². The van der Waals surface area contributed by atoms with Crippen LogP contribution in [0.15, 0.2) is 41.3 Å². The Bertz CT molecular complexity index is 1100. The number of sulfonamides is 1. The first kappa shape index (κ1) is 21.4. The second-order valence-electron chi connectivity index (χ2n) is 7.20. The molecule has 0 aliphatic rings. The monoisotopic (exact) mass is 431 g/mol. The number of aromatic nitrogens is 1. The molecule has 0 radical (unpaired) electrons. The maximum absolute atomic E-state index is 12.7. The van der Waals surface area contributed by atoms with Crippen molar-refractivity contribution >= 4 is 37.5 Å². The SMILES string of the molecule is Cc1cc(C)c(S(=O)(=O)NCCC(=O)N(C)Cc2nc3ccccc3s2)c(C)c1. The largest absolute Gasteiger partial charge is 0.339 e. The van der Waals surface area contributed by atoms with E-state index < -0.39 is 10.0 Å². The van der Waals surface area contributed by atoms with Crippen LogP contribution in [0.25, 0.3) is 10.2 Å². The number of carbonyl (C=O) groups excluding carboxylic acids is 1. The minimum Gasteiger partial charge on any atom is -0.339 e. The van der Waals surface area contributed by atoms with Crippen LogP contribution in [0.2, 0.25) is 0 Å². The third kappa shape index (κ3) is 5.01. The quantitative estimate of drug-likeness (QED) is 0.620. The van der Waals surface area contributed by atoms with Gasteiger partial charge in [0.25, 0.3) is 0 Å². The van der Waals surface area contributed by atoms with Gasteiger partial charge in [0, 0.05) is 20.0 Å². The fourth-order valence-electron chi connectivity index (χ4n) is 3.42. The number of para-hydroxylation sites is 1. The van der Waals surface area contributed by atoms with Gasteiger partial charge in [-0.05, 0) is 44.0 Å². The van der Waals surface area contributed by atoms with Gasteiger partial charge in [0.1, 0.15) is 5.01 Å². The smallest absolute Gasteiger partial charge is 0.241 e. The number of carbonyl (C=O) groups is 1. The lowest BCUT2D eigenvalue weighted by molar-refractivity contribution is -0.130. The highest BCUT2D eigenvalue weighted by atomic mass is 32.2. The van der Waals surface area contributed by atoms with Crippen LogP contribution in [0.1, 0.15) is 28.1 Å². The van der Waals surface area contributed by atoms with Crippen molar-refractivity contribution in [3.05, 3.63) is 58.1 Å². The van der Waals surface area contributed by atoms with E-state index in [4.69, 9.17) is 0 Å². The molecule has 1 amide bonds. The first-order chi connectivity index (χ1) is 13.7. The minimum atomic E-state index is -3.67. The molecule has 154 valence electrons.